The van der Waals surface area contributed by atoms with Crippen molar-refractivity contribution < 1.29 is 22.7 Å². The summed E-state index contributed by atoms with van der Waals surface area (Å²) in [6.45, 7) is 7.26. The number of carbonyl (C=O) groups is 2. The maximum absolute atomic E-state index is 14.7. The summed E-state index contributed by atoms with van der Waals surface area (Å²) in [5.74, 6) is -0.520. The van der Waals surface area contributed by atoms with Crippen LogP contribution in [-0.4, -0.2) is 50.9 Å². The monoisotopic (exact) mass is 641 g/mol. The van der Waals surface area contributed by atoms with Gasteiger partial charge in [0.15, 0.2) is 0 Å². The highest BCUT2D eigenvalue weighted by Crippen LogP contribution is 2.34. The van der Waals surface area contributed by atoms with Crippen molar-refractivity contribution in [2.45, 2.75) is 64.1 Å². The highest BCUT2D eigenvalue weighted by atomic mass is 32.2. The molecule has 0 aliphatic carbocycles. The zero-order valence-electron chi connectivity index (χ0n) is 27.1. The smallest absolute Gasteiger partial charge is 0.264 e. The van der Waals surface area contributed by atoms with Crippen LogP contribution in [0.4, 0.5) is 5.69 Å². The molecule has 4 aromatic rings. The molecule has 0 aromatic heterocycles. The lowest BCUT2D eigenvalue weighted by Crippen LogP contribution is -2.54. The molecule has 2 atom stereocenters. The van der Waals surface area contributed by atoms with Crippen LogP contribution in [0, 0.1) is 13.8 Å². The summed E-state index contributed by atoms with van der Waals surface area (Å²) in [6, 6.07) is 29.4. The van der Waals surface area contributed by atoms with Crippen molar-refractivity contribution >= 4 is 27.5 Å². The van der Waals surface area contributed by atoms with E-state index in [1.54, 1.807) is 30.3 Å². The Hall–Kier alpha value is -4.63. The molecule has 0 aliphatic rings. The Balaban J connectivity index is 1.85. The molecule has 0 fully saturated rings. The first-order valence-corrected chi connectivity index (χ1v) is 16.9. The van der Waals surface area contributed by atoms with Crippen LogP contribution in [0.15, 0.2) is 108 Å². The first kappa shape index (κ1) is 34.2. The van der Waals surface area contributed by atoms with Crippen molar-refractivity contribution in [2.24, 2.45) is 0 Å². The third kappa shape index (κ3) is 8.54. The van der Waals surface area contributed by atoms with Gasteiger partial charge in [-0.2, -0.15) is 0 Å². The Labute approximate surface area is 273 Å². The number of aryl methyl sites for hydroxylation is 2. The summed E-state index contributed by atoms with van der Waals surface area (Å²) < 4.78 is 35.2. The quantitative estimate of drug-likeness (QED) is 0.181. The molecule has 0 heterocycles. The van der Waals surface area contributed by atoms with Crippen LogP contribution in [0.3, 0.4) is 0 Å². The summed E-state index contributed by atoms with van der Waals surface area (Å²) >= 11 is 0. The molecule has 0 spiro atoms. The molecule has 2 amide bonds. The molecule has 0 saturated heterocycles. The molecular weight excluding hydrogens is 598 g/mol. The third-order valence-electron chi connectivity index (χ3n) is 7.92. The minimum atomic E-state index is -4.23. The fraction of sp³-hybridized carbons (Fsp3) is 0.297. The molecule has 1 N–H and O–H groups in total. The molecule has 0 radical (unpaired) electrons. The molecule has 4 aromatic carbocycles. The van der Waals surface area contributed by atoms with Crippen LogP contribution in [0.5, 0.6) is 5.75 Å². The van der Waals surface area contributed by atoms with Crippen LogP contribution >= 0.6 is 0 Å². The van der Waals surface area contributed by atoms with Crippen LogP contribution in [0.25, 0.3) is 0 Å². The molecule has 242 valence electrons. The zero-order chi connectivity index (χ0) is 33.3. The van der Waals surface area contributed by atoms with Gasteiger partial charge in [0.05, 0.1) is 17.7 Å². The number of hydrogen-bond donors (Lipinski definition) is 1. The number of rotatable bonds is 14. The topological polar surface area (TPSA) is 96.0 Å². The van der Waals surface area contributed by atoms with Gasteiger partial charge in [-0.1, -0.05) is 91.3 Å². The first-order chi connectivity index (χ1) is 22.0. The van der Waals surface area contributed by atoms with E-state index in [9.17, 15) is 18.0 Å². The number of benzene rings is 4. The lowest BCUT2D eigenvalue weighted by atomic mass is 10.0. The van der Waals surface area contributed by atoms with Gasteiger partial charge in [-0.05, 0) is 68.1 Å². The number of nitrogens with one attached hydrogen (secondary N) is 1. The Bertz CT molecular complexity index is 1730. The van der Waals surface area contributed by atoms with Crippen molar-refractivity contribution in [3.63, 3.8) is 0 Å². The van der Waals surface area contributed by atoms with Crippen LogP contribution in [0.1, 0.15) is 42.5 Å². The van der Waals surface area contributed by atoms with Crippen LogP contribution in [0.2, 0.25) is 0 Å². The van der Waals surface area contributed by atoms with E-state index in [4.69, 9.17) is 4.74 Å². The largest absolute Gasteiger partial charge is 0.495 e. The maximum Gasteiger partial charge on any atom is 0.264 e. The predicted octanol–water partition coefficient (Wildman–Crippen LogP) is 6.06. The number of carbonyl (C=O) groups excluding carboxylic acids is 2. The van der Waals surface area contributed by atoms with Gasteiger partial charge in [0.25, 0.3) is 10.0 Å². The number of anilines is 1. The van der Waals surface area contributed by atoms with E-state index in [2.05, 4.69) is 5.32 Å². The Morgan fingerprint density at radius 1 is 0.826 bits per heavy atom. The van der Waals surface area contributed by atoms with Gasteiger partial charge in [0, 0.05) is 19.0 Å². The van der Waals surface area contributed by atoms with Gasteiger partial charge in [-0.25, -0.2) is 8.42 Å². The number of ether oxygens (including phenoxy) is 1. The van der Waals surface area contributed by atoms with Gasteiger partial charge in [0.1, 0.15) is 18.3 Å². The zero-order valence-corrected chi connectivity index (χ0v) is 28.0. The molecule has 0 saturated carbocycles. The third-order valence-corrected chi connectivity index (χ3v) is 9.69. The second-order valence-corrected chi connectivity index (χ2v) is 13.4. The molecule has 9 heteroatoms. The molecule has 0 unspecified atom stereocenters. The Kier molecular flexibility index (Phi) is 11.6. The van der Waals surface area contributed by atoms with Crippen molar-refractivity contribution in [3.05, 3.63) is 125 Å². The average molecular weight is 642 g/mol. The van der Waals surface area contributed by atoms with Crippen molar-refractivity contribution in [2.75, 3.05) is 18.0 Å². The van der Waals surface area contributed by atoms with Crippen molar-refractivity contribution in [1.82, 2.24) is 10.2 Å². The molecule has 46 heavy (non-hydrogen) atoms. The molecule has 0 bridgehead atoms. The highest BCUT2D eigenvalue weighted by molar-refractivity contribution is 7.92. The lowest BCUT2D eigenvalue weighted by Gasteiger charge is -2.34. The average Bonchev–Trinajstić information content (AvgIpc) is 3.05. The number of amides is 2. The summed E-state index contributed by atoms with van der Waals surface area (Å²) in [5.41, 5.74) is 3.74. The molecule has 4 rings (SSSR count). The Morgan fingerprint density at radius 3 is 2.09 bits per heavy atom. The van der Waals surface area contributed by atoms with Crippen molar-refractivity contribution in [1.29, 1.82) is 0 Å². The fourth-order valence-corrected chi connectivity index (χ4v) is 6.67. The number of hydrogen-bond acceptors (Lipinski definition) is 5. The first-order valence-electron chi connectivity index (χ1n) is 15.4. The Morgan fingerprint density at radius 2 is 1.46 bits per heavy atom. The second-order valence-electron chi connectivity index (χ2n) is 11.5. The van der Waals surface area contributed by atoms with Gasteiger partial charge in [-0.15, -0.1) is 0 Å². The van der Waals surface area contributed by atoms with Crippen LogP contribution in [-0.2, 0) is 32.6 Å². The van der Waals surface area contributed by atoms with E-state index in [1.807, 2.05) is 88.4 Å². The lowest BCUT2D eigenvalue weighted by molar-refractivity contribution is -0.140. The fourth-order valence-electron chi connectivity index (χ4n) is 5.23. The molecular formula is C37H43N3O5S. The molecule has 0 aliphatic heterocycles. The van der Waals surface area contributed by atoms with Gasteiger partial charge in [-0.3, -0.25) is 13.9 Å². The van der Waals surface area contributed by atoms with Gasteiger partial charge < -0.3 is 15.0 Å². The number of methoxy groups -OCH3 is 1. The highest BCUT2D eigenvalue weighted by Gasteiger charge is 2.35. The van der Waals surface area contributed by atoms with E-state index in [1.165, 1.54) is 24.1 Å². The van der Waals surface area contributed by atoms with E-state index >= 15 is 0 Å². The summed E-state index contributed by atoms with van der Waals surface area (Å²) in [4.78, 5) is 30.2. The van der Waals surface area contributed by atoms with E-state index in [-0.39, 0.29) is 35.5 Å². The minimum Gasteiger partial charge on any atom is -0.495 e. The summed E-state index contributed by atoms with van der Waals surface area (Å²) in [6.07, 6.45) is 0.964. The number of sulfonamides is 1. The SMILES string of the molecule is CC[C@@H](C)NC(=O)[C@@H](Cc1ccccc1)N(Cc1cccc(C)c1)C(=O)CN(c1cc(C)ccc1OC)S(=O)(=O)c1ccccc1. The van der Waals surface area contributed by atoms with E-state index in [0.717, 1.165) is 26.6 Å². The predicted molar refractivity (Wildman–Crippen MR) is 182 cm³/mol. The van der Waals surface area contributed by atoms with Gasteiger partial charge >= 0.3 is 0 Å². The van der Waals surface area contributed by atoms with Crippen molar-refractivity contribution in [3.8, 4) is 5.75 Å². The standard InChI is InChI=1S/C37H43N3O5S/c1-6-29(4)38-37(42)34(24-30-15-9-7-10-16-30)39(25-31-17-13-14-27(2)22-31)36(41)26-40(33-23-28(3)20-21-35(33)45-5)46(43,44)32-18-11-8-12-19-32/h7-23,29,34H,6,24-26H2,1-5H3,(H,38,42)/t29-,34-/m1/s1. The van der Waals surface area contributed by atoms with Crippen LogP contribution < -0.4 is 14.4 Å². The summed E-state index contributed by atoms with van der Waals surface area (Å²) in [7, 11) is -2.77. The molecule has 8 nitrogen and oxygen atoms in total. The second kappa shape index (κ2) is 15.6. The normalized spacial score (nSPS) is 12.5. The van der Waals surface area contributed by atoms with E-state index < -0.39 is 28.5 Å². The minimum absolute atomic E-state index is 0.0342. The van der Waals surface area contributed by atoms with E-state index in [0.29, 0.717) is 12.2 Å². The maximum atomic E-state index is 14.7. The summed E-state index contributed by atoms with van der Waals surface area (Å²) in [5, 5.41) is 3.06. The van der Waals surface area contributed by atoms with Gasteiger partial charge in [0.2, 0.25) is 11.8 Å². The number of nitrogens with zero attached hydrogens (tertiary/aromatic N) is 2.